The zero-order valence-electron chi connectivity index (χ0n) is 10.5. The van der Waals surface area contributed by atoms with Gasteiger partial charge in [0.25, 0.3) is 0 Å². The van der Waals surface area contributed by atoms with Crippen molar-refractivity contribution in [2.45, 2.75) is 49.9 Å². The molecular weight excluding hydrogens is 228 g/mol. The number of hydrogen-bond donors (Lipinski definition) is 1. The van der Waals surface area contributed by atoms with Crippen molar-refractivity contribution in [3.63, 3.8) is 0 Å². The van der Waals surface area contributed by atoms with Crippen molar-refractivity contribution in [2.24, 2.45) is 0 Å². The van der Waals surface area contributed by atoms with Gasteiger partial charge in [0, 0.05) is 19.3 Å². The van der Waals surface area contributed by atoms with Crippen LogP contribution >= 0.6 is 0 Å². The minimum atomic E-state index is -0.584. The van der Waals surface area contributed by atoms with E-state index in [1.807, 2.05) is 30.3 Å². The van der Waals surface area contributed by atoms with Gasteiger partial charge in [-0.2, -0.15) is 0 Å². The summed E-state index contributed by atoms with van der Waals surface area (Å²) in [5.41, 5.74) is -0.584. The van der Waals surface area contributed by atoms with Gasteiger partial charge in [0.15, 0.2) is 0 Å². The second-order valence-corrected chi connectivity index (χ2v) is 5.50. The molecule has 2 atom stereocenters. The summed E-state index contributed by atoms with van der Waals surface area (Å²) in [5.74, 6) is 0.871. The number of aliphatic hydroxyl groups is 1. The van der Waals surface area contributed by atoms with Gasteiger partial charge in [-0.25, -0.2) is 0 Å². The molecule has 2 heterocycles. The third kappa shape index (κ3) is 2.68. The van der Waals surface area contributed by atoms with Gasteiger partial charge in [0.2, 0.25) is 0 Å². The fourth-order valence-electron chi connectivity index (χ4n) is 3.09. The average molecular weight is 248 g/mol. The van der Waals surface area contributed by atoms with Crippen molar-refractivity contribution in [3.8, 4) is 5.75 Å². The lowest BCUT2D eigenvalue weighted by Gasteiger charge is -2.36. The summed E-state index contributed by atoms with van der Waals surface area (Å²) in [6, 6.07) is 9.77. The predicted octanol–water partition coefficient (Wildman–Crippen LogP) is 2.53. The van der Waals surface area contributed by atoms with Crippen molar-refractivity contribution in [1.29, 1.82) is 0 Å². The van der Waals surface area contributed by atoms with E-state index < -0.39 is 5.60 Å². The Bertz CT molecular complexity index is 378. The monoisotopic (exact) mass is 248 g/mol. The molecule has 2 fully saturated rings. The van der Waals surface area contributed by atoms with Gasteiger partial charge in [-0.15, -0.1) is 0 Å². The van der Waals surface area contributed by atoms with Crippen LogP contribution < -0.4 is 4.74 Å². The number of benzene rings is 1. The quantitative estimate of drug-likeness (QED) is 0.890. The van der Waals surface area contributed by atoms with Crippen LogP contribution in [-0.2, 0) is 4.74 Å². The fraction of sp³-hybridized carbons (Fsp3) is 0.600. The molecule has 18 heavy (non-hydrogen) atoms. The largest absolute Gasteiger partial charge is 0.493 e. The predicted molar refractivity (Wildman–Crippen MR) is 68.6 cm³/mol. The molecule has 0 saturated carbocycles. The highest BCUT2D eigenvalue weighted by molar-refractivity contribution is 5.20. The molecular formula is C15H20O3. The first-order valence-electron chi connectivity index (χ1n) is 6.79. The smallest absolute Gasteiger partial charge is 0.119 e. The van der Waals surface area contributed by atoms with Gasteiger partial charge in [0.1, 0.15) is 5.75 Å². The van der Waals surface area contributed by atoms with Crippen LogP contribution in [0.2, 0.25) is 0 Å². The first-order valence-corrected chi connectivity index (χ1v) is 6.79. The minimum absolute atomic E-state index is 0.269. The Hall–Kier alpha value is -1.06. The van der Waals surface area contributed by atoms with Crippen LogP contribution in [0, 0.1) is 0 Å². The minimum Gasteiger partial charge on any atom is -0.493 e. The Morgan fingerprint density at radius 3 is 2.50 bits per heavy atom. The van der Waals surface area contributed by atoms with Crippen LogP contribution in [0.25, 0.3) is 0 Å². The lowest BCUT2D eigenvalue weighted by molar-refractivity contribution is -0.117. The van der Waals surface area contributed by atoms with Crippen molar-refractivity contribution in [1.82, 2.24) is 0 Å². The Balaban J connectivity index is 1.51. The highest BCUT2D eigenvalue weighted by atomic mass is 16.5. The highest BCUT2D eigenvalue weighted by Crippen LogP contribution is 2.39. The van der Waals surface area contributed by atoms with Gasteiger partial charge in [0.05, 0.1) is 24.4 Å². The third-order valence-electron chi connectivity index (χ3n) is 3.99. The van der Waals surface area contributed by atoms with Crippen LogP contribution in [0.15, 0.2) is 30.3 Å². The van der Waals surface area contributed by atoms with Crippen LogP contribution in [0.1, 0.15) is 32.1 Å². The van der Waals surface area contributed by atoms with Gasteiger partial charge >= 0.3 is 0 Å². The molecule has 0 amide bonds. The van der Waals surface area contributed by atoms with E-state index in [1.165, 1.54) is 0 Å². The fourth-order valence-corrected chi connectivity index (χ4v) is 3.09. The summed E-state index contributed by atoms with van der Waals surface area (Å²) in [6.45, 7) is 0.569. The standard InChI is InChI=1S/C15H20O3/c16-15(10-13-6-7-14(11-15)18-13)8-9-17-12-4-2-1-3-5-12/h1-5,13-14,16H,6-11H2. The van der Waals surface area contributed by atoms with Crippen LogP contribution in [0.3, 0.4) is 0 Å². The summed E-state index contributed by atoms with van der Waals surface area (Å²) in [7, 11) is 0. The van der Waals surface area contributed by atoms with Crippen LogP contribution in [-0.4, -0.2) is 29.5 Å². The topological polar surface area (TPSA) is 38.7 Å². The molecule has 0 aliphatic carbocycles. The number of ether oxygens (including phenoxy) is 2. The highest BCUT2D eigenvalue weighted by Gasteiger charge is 2.43. The normalized spacial score (nSPS) is 34.5. The van der Waals surface area contributed by atoms with E-state index in [-0.39, 0.29) is 12.2 Å². The van der Waals surface area contributed by atoms with E-state index in [0.29, 0.717) is 13.0 Å². The van der Waals surface area contributed by atoms with Crippen molar-refractivity contribution in [3.05, 3.63) is 30.3 Å². The van der Waals surface area contributed by atoms with Crippen LogP contribution in [0.5, 0.6) is 5.75 Å². The zero-order valence-corrected chi connectivity index (χ0v) is 10.5. The van der Waals surface area contributed by atoms with Crippen molar-refractivity contribution in [2.75, 3.05) is 6.61 Å². The Labute approximate surface area is 108 Å². The van der Waals surface area contributed by atoms with Gasteiger partial charge in [-0.3, -0.25) is 0 Å². The zero-order chi connectivity index (χ0) is 12.4. The molecule has 1 aromatic carbocycles. The maximum Gasteiger partial charge on any atom is 0.119 e. The second-order valence-electron chi connectivity index (χ2n) is 5.50. The summed E-state index contributed by atoms with van der Waals surface area (Å²) in [6.07, 6.45) is 4.97. The van der Waals surface area contributed by atoms with E-state index in [1.54, 1.807) is 0 Å². The molecule has 1 aromatic rings. The summed E-state index contributed by atoms with van der Waals surface area (Å²) in [4.78, 5) is 0. The Morgan fingerprint density at radius 2 is 1.83 bits per heavy atom. The molecule has 0 spiro atoms. The maximum atomic E-state index is 10.6. The average Bonchev–Trinajstić information content (AvgIpc) is 2.70. The third-order valence-corrected chi connectivity index (χ3v) is 3.99. The molecule has 3 nitrogen and oxygen atoms in total. The van der Waals surface area contributed by atoms with Crippen molar-refractivity contribution < 1.29 is 14.6 Å². The second kappa shape index (κ2) is 4.90. The number of hydrogen-bond acceptors (Lipinski definition) is 3. The van der Waals surface area contributed by atoms with Gasteiger partial charge < -0.3 is 14.6 Å². The molecule has 2 unspecified atom stereocenters. The molecule has 2 aliphatic heterocycles. The first kappa shape index (κ1) is 12.0. The van der Waals surface area contributed by atoms with Crippen LogP contribution in [0.4, 0.5) is 0 Å². The molecule has 0 aromatic heterocycles. The summed E-state index contributed by atoms with van der Waals surface area (Å²) in [5, 5.41) is 10.6. The summed E-state index contributed by atoms with van der Waals surface area (Å²) < 4.78 is 11.4. The van der Waals surface area contributed by atoms with E-state index in [4.69, 9.17) is 9.47 Å². The number of para-hydroxylation sites is 1. The molecule has 0 radical (unpaired) electrons. The number of rotatable bonds is 4. The lowest BCUT2D eigenvalue weighted by Crippen LogP contribution is -2.42. The van der Waals surface area contributed by atoms with E-state index in [2.05, 4.69) is 0 Å². The molecule has 2 saturated heterocycles. The number of fused-ring (bicyclic) bond motifs is 2. The van der Waals surface area contributed by atoms with Gasteiger partial charge in [-0.1, -0.05) is 18.2 Å². The molecule has 2 aliphatic rings. The SMILES string of the molecule is OC1(CCOc2ccccc2)CC2CCC(C1)O2. The van der Waals surface area contributed by atoms with E-state index in [0.717, 1.165) is 31.4 Å². The summed E-state index contributed by atoms with van der Waals surface area (Å²) >= 11 is 0. The Morgan fingerprint density at radius 1 is 1.17 bits per heavy atom. The molecule has 2 bridgehead atoms. The molecule has 1 N–H and O–H groups in total. The lowest BCUT2D eigenvalue weighted by atomic mass is 9.87. The Kier molecular flexibility index (Phi) is 3.27. The first-order chi connectivity index (χ1) is 8.73. The van der Waals surface area contributed by atoms with Gasteiger partial charge in [-0.05, 0) is 25.0 Å². The molecule has 98 valence electrons. The van der Waals surface area contributed by atoms with E-state index >= 15 is 0 Å². The maximum absolute atomic E-state index is 10.6. The molecule has 3 heteroatoms. The van der Waals surface area contributed by atoms with Crippen molar-refractivity contribution >= 4 is 0 Å². The van der Waals surface area contributed by atoms with E-state index in [9.17, 15) is 5.11 Å². The molecule has 3 rings (SSSR count).